The van der Waals surface area contributed by atoms with Crippen LogP contribution >= 0.6 is 0 Å². The molecule has 1 amide bonds. The van der Waals surface area contributed by atoms with Crippen LogP contribution in [0.2, 0.25) is 0 Å². The molecule has 1 aliphatic heterocycles. The second-order valence-corrected chi connectivity index (χ2v) is 4.57. The molecule has 1 aliphatic rings. The molecule has 0 aromatic heterocycles. The minimum absolute atomic E-state index is 0.0300. The molecule has 1 aromatic carbocycles. The topological polar surface area (TPSA) is 58.6 Å². The van der Waals surface area contributed by atoms with Crippen LogP contribution in [-0.2, 0) is 9.53 Å². The average Bonchev–Trinajstić information content (AvgIpc) is 2.46. The highest BCUT2D eigenvalue weighted by molar-refractivity contribution is 5.79. The Morgan fingerprint density at radius 2 is 2.22 bits per heavy atom. The van der Waals surface area contributed by atoms with Gasteiger partial charge in [-0.05, 0) is 18.4 Å². The third-order valence-corrected chi connectivity index (χ3v) is 3.23. The van der Waals surface area contributed by atoms with Gasteiger partial charge in [-0.3, -0.25) is 4.79 Å². The van der Waals surface area contributed by atoms with Gasteiger partial charge in [0.1, 0.15) is 0 Å². The number of carbonyl (C=O) groups is 1. The van der Waals surface area contributed by atoms with Crippen molar-refractivity contribution in [2.75, 3.05) is 19.8 Å². The van der Waals surface area contributed by atoms with Crippen molar-refractivity contribution in [3.8, 4) is 0 Å². The predicted octanol–water partition coefficient (Wildman–Crippen LogP) is 1.26. The van der Waals surface area contributed by atoms with Crippen LogP contribution in [0.1, 0.15) is 24.4 Å². The lowest BCUT2D eigenvalue weighted by Crippen LogP contribution is -2.38. The van der Waals surface area contributed by atoms with Crippen molar-refractivity contribution in [1.82, 2.24) is 5.32 Å². The molecule has 18 heavy (non-hydrogen) atoms. The molecule has 2 unspecified atom stereocenters. The molecule has 0 radical (unpaired) electrons. The Bertz CT molecular complexity index is 374. The highest BCUT2D eigenvalue weighted by atomic mass is 16.5. The Kier molecular flexibility index (Phi) is 4.73. The number of nitrogens with one attached hydrogen (secondary N) is 1. The number of benzene rings is 1. The summed E-state index contributed by atoms with van der Waals surface area (Å²) >= 11 is 0. The quantitative estimate of drug-likeness (QED) is 0.844. The molecule has 0 bridgehead atoms. The fraction of sp³-hybridized carbons (Fsp3) is 0.500. The normalized spacial score (nSPS) is 21.3. The number of rotatable bonds is 4. The van der Waals surface area contributed by atoms with Crippen LogP contribution in [0.4, 0.5) is 0 Å². The van der Waals surface area contributed by atoms with Crippen LogP contribution in [0.15, 0.2) is 30.3 Å². The molecule has 1 fully saturated rings. The van der Waals surface area contributed by atoms with E-state index in [4.69, 9.17) is 4.74 Å². The standard InChI is InChI=1S/C14H19NO3/c16-9-13(11-5-2-1-3-6-11)15-14(17)12-7-4-8-18-10-12/h1-3,5-6,12-13,16H,4,7-10H2,(H,15,17). The largest absolute Gasteiger partial charge is 0.394 e. The second kappa shape index (κ2) is 6.52. The Morgan fingerprint density at radius 1 is 1.44 bits per heavy atom. The Labute approximate surface area is 107 Å². The van der Waals surface area contributed by atoms with E-state index in [9.17, 15) is 9.90 Å². The van der Waals surface area contributed by atoms with Gasteiger partial charge in [0.15, 0.2) is 0 Å². The molecule has 0 saturated carbocycles. The van der Waals surface area contributed by atoms with E-state index in [2.05, 4.69) is 5.32 Å². The van der Waals surface area contributed by atoms with Crippen molar-refractivity contribution in [1.29, 1.82) is 0 Å². The van der Waals surface area contributed by atoms with Crippen LogP contribution in [0.5, 0.6) is 0 Å². The summed E-state index contributed by atoms with van der Waals surface area (Å²) in [6, 6.07) is 9.17. The van der Waals surface area contributed by atoms with Crippen molar-refractivity contribution in [2.24, 2.45) is 5.92 Å². The first-order chi connectivity index (χ1) is 8.81. The lowest BCUT2D eigenvalue weighted by atomic mass is 10.00. The SMILES string of the molecule is O=C(NC(CO)c1ccccc1)C1CCCOC1. The Balaban J connectivity index is 1.95. The van der Waals surface area contributed by atoms with Gasteiger partial charge in [0.25, 0.3) is 0 Å². The second-order valence-electron chi connectivity index (χ2n) is 4.57. The molecule has 98 valence electrons. The summed E-state index contributed by atoms with van der Waals surface area (Å²) in [4.78, 5) is 12.0. The molecule has 2 atom stereocenters. The predicted molar refractivity (Wildman–Crippen MR) is 68.0 cm³/mol. The maximum atomic E-state index is 12.0. The smallest absolute Gasteiger partial charge is 0.226 e. The highest BCUT2D eigenvalue weighted by Crippen LogP contribution is 2.17. The monoisotopic (exact) mass is 249 g/mol. The van der Waals surface area contributed by atoms with E-state index in [1.807, 2.05) is 30.3 Å². The molecule has 4 heteroatoms. The van der Waals surface area contributed by atoms with E-state index in [0.717, 1.165) is 25.0 Å². The summed E-state index contributed by atoms with van der Waals surface area (Å²) in [5.74, 6) is -0.117. The molecular weight excluding hydrogens is 230 g/mol. The first-order valence-corrected chi connectivity index (χ1v) is 6.35. The molecule has 2 N–H and O–H groups in total. The molecule has 2 rings (SSSR count). The lowest BCUT2D eigenvalue weighted by Gasteiger charge is -2.24. The minimum Gasteiger partial charge on any atom is -0.394 e. The number of aliphatic hydroxyl groups is 1. The molecule has 0 spiro atoms. The number of carbonyl (C=O) groups excluding carboxylic acids is 1. The van der Waals surface area contributed by atoms with Gasteiger partial charge in [-0.2, -0.15) is 0 Å². The van der Waals surface area contributed by atoms with Gasteiger partial charge in [0, 0.05) is 6.61 Å². The van der Waals surface area contributed by atoms with Crippen LogP contribution in [0, 0.1) is 5.92 Å². The van der Waals surface area contributed by atoms with E-state index in [-0.39, 0.29) is 24.5 Å². The Hall–Kier alpha value is -1.39. The maximum absolute atomic E-state index is 12.0. The third kappa shape index (κ3) is 3.31. The van der Waals surface area contributed by atoms with E-state index in [1.165, 1.54) is 0 Å². The van der Waals surface area contributed by atoms with Crippen LogP contribution in [-0.4, -0.2) is 30.8 Å². The zero-order valence-electron chi connectivity index (χ0n) is 10.3. The van der Waals surface area contributed by atoms with Crippen LogP contribution in [0.3, 0.4) is 0 Å². The van der Waals surface area contributed by atoms with E-state index < -0.39 is 0 Å². The summed E-state index contributed by atoms with van der Waals surface area (Å²) in [5.41, 5.74) is 0.921. The lowest BCUT2D eigenvalue weighted by molar-refractivity contribution is -0.130. The molecule has 1 saturated heterocycles. The first kappa shape index (κ1) is 13.1. The van der Waals surface area contributed by atoms with Crippen molar-refractivity contribution in [2.45, 2.75) is 18.9 Å². The van der Waals surface area contributed by atoms with Crippen LogP contribution < -0.4 is 5.32 Å². The molecule has 1 heterocycles. The third-order valence-electron chi connectivity index (χ3n) is 3.23. The highest BCUT2D eigenvalue weighted by Gasteiger charge is 2.24. The van der Waals surface area contributed by atoms with Gasteiger partial charge in [-0.15, -0.1) is 0 Å². The Morgan fingerprint density at radius 3 is 2.83 bits per heavy atom. The number of amides is 1. The van der Waals surface area contributed by atoms with Gasteiger partial charge in [-0.1, -0.05) is 30.3 Å². The summed E-state index contributed by atoms with van der Waals surface area (Å²) in [6.45, 7) is 1.13. The van der Waals surface area contributed by atoms with Gasteiger partial charge >= 0.3 is 0 Å². The molecule has 4 nitrogen and oxygen atoms in total. The van der Waals surface area contributed by atoms with Gasteiger partial charge in [-0.25, -0.2) is 0 Å². The van der Waals surface area contributed by atoms with E-state index in [0.29, 0.717) is 6.61 Å². The fourth-order valence-electron chi connectivity index (χ4n) is 2.16. The molecule has 0 aliphatic carbocycles. The van der Waals surface area contributed by atoms with Crippen molar-refractivity contribution >= 4 is 5.91 Å². The molecular formula is C14H19NO3. The van der Waals surface area contributed by atoms with Crippen molar-refractivity contribution in [3.05, 3.63) is 35.9 Å². The van der Waals surface area contributed by atoms with E-state index >= 15 is 0 Å². The zero-order chi connectivity index (χ0) is 12.8. The summed E-state index contributed by atoms with van der Waals surface area (Å²) in [6.07, 6.45) is 1.78. The maximum Gasteiger partial charge on any atom is 0.226 e. The van der Waals surface area contributed by atoms with Gasteiger partial charge in [0.05, 0.1) is 25.2 Å². The van der Waals surface area contributed by atoms with Gasteiger partial charge < -0.3 is 15.2 Å². The average molecular weight is 249 g/mol. The molecule has 1 aromatic rings. The summed E-state index contributed by atoms with van der Waals surface area (Å²) in [7, 11) is 0. The summed E-state index contributed by atoms with van der Waals surface area (Å²) < 4.78 is 5.30. The van der Waals surface area contributed by atoms with Crippen molar-refractivity contribution < 1.29 is 14.6 Å². The van der Waals surface area contributed by atoms with Gasteiger partial charge in [0.2, 0.25) is 5.91 Å². The first-order valence-electron chi connectivity index (χ1n) is 6.35. The number of aliphatic hydroxyl groups excluding tert-OH is 1. The number of ether oxygens (including phenoxy) is 1. The summed E-state index contributed by atoms with van der Waals surface area (Å²) in [5, 5.41) is 12.3. The van der Waals surface area contributed by atoms with E-state index in [1.54, 1.807) is 0 Å². The number of hydrogen-bond acceptors (Lipinski definition) is 3. The minimum atomic E-state index is -0.333. The number of hydrogen-bond donors (Lipinski definition) is 2. The zero-order valence-corrected chi connectivity index (χ0v) is 10.3. The van der Waals surface area contributed by atoms with Crippen molar-refractivity contribution in [3.63, 3.8) is 0 Å². The van der Waals surface area contributed by atoms with Crippen LogP contribution in [0.25, 0.3) is 0 Å². The fourth-order valence-corrected chi connectivity index (χ4v) is 2.16.